The lowest BCUT2D eigenvalue weighted by Gasteiger charge is -2.26. The molecule has 0 atom stereocenters. The average molecular weight is 270 g/mol. The second-order valence-electron chi connectivity index (χ2n) is 3.78. The second kappa shape index (κ2) is 7.91. The van der Waals surface area contributed by atoms with Crippen molar-refractivity contribution in [2.45, 2.75) is 31.9 Å². The number of aliphatic carboxylic acids is 1. The minimum atomic E-state index is -5.08. The first-order chi connectivity index (χ1) is 8.29. The molecule has 1 heterocycles. The van der Waals surface area contributed by atoms with Crippen molar-refractivity contribution >= 4 is 11.9 Å². The predicted octanol–water partition coefficient (Wildman–Crippen LogP) is 0.981. The molecule has 0 aromatic heterocycles. The smallest absolute Gasteiger partial charge is 0.475 e. The highest BCUT2D eigenvalue weighted by molar-refractivity contribution is 5.76. The summed E-state index contributed by atoms with van der Waals surface area (Å²) in [7, 11) is 0. The van der Waals surface area contributed by atoms with Crippen molar-refractivity contribution in [2.24, 2.45) is 5.73 Å². The first-order valence-corrected chi connectivity index (χ1v) is 5.57. The van der Waals surface area contributed by atoms with E-state index in [-0.39, 0.29) is 0 Å². The lowest BCUT2D eigenvalue weighted by atomic mass is 10.1. The lowest BCUT2D eigenvalue weighted by Crippen LogP contribution is -2.36. The molecule has 0 aromatic rings. The maximum absolute atomic E-state index is 11.2. The molecule has 0 bridgehead atoms. The number of carbonyl (C=O) groups excluding carboxylic acids is 1. The molecule has 0 radical (unpaired) electrons. The van der Waals surface area contributed by atoms with Crippen molar-refractivity contribution in [3.8, 4) is 0 Å². The molecule has 1 amide bonds. The van der Waals surface area contributed by atoms with Crippen molar-refractivity contribution in [2.75, 3.05) is 19.6 Å². The Kier molecular flexibility index (Phi) is 7.33. The summed E-state index contributed by atoms with van der Waals surface area (Å²) in [6, 6.07) is 0. The molecule has 1 saturated heterocycles. The zero-order valence-corrected chi connectivity index (χ0v) is 9.87. The number of alkyl halides is 3. The molecule has 0 spiro atoms. The van der Waals surface area contributed by atoms with E-state index in [1.807, 2.05) is 4.90 Å². The molecule has 1 aliphatic rings. The quantitative estimate of drug-likeness (QED) is 0.800. The van der Waals surface area contributed by atoms with Crippen molar-refractivity contribution in [1.29, 1.82) is 0 Å². The van der Waals surface area contributed by atoms with Gasteiger partial charge in [0.1, 0.15) is 0 Å². The van der Waals surface area contributed by atoms with E-state index < -0.39 is 12.1 Å². The molecule has 0 aliphatic carbocycles. The maximum Gasteiger partial charge on any atom is 0.490 e. The fraction of sp³-hybridized carbons (Fsp3) is 0.800. The molecule has 106 valence electrons. The summed E-state index contributed by atoms with van der Waals surface area (Å²) in [5, 5.41) is 7.12. The summed E-state index contributed by atoms with van der Waals surface area (Å²) in [4.78, 5) is 22.0. The summed E-state index contributed by atoms with van der Waals surface area (Å²) < 4.78 is 31.7. The van der Waals surface area contributed by atoms with Crippen molar-refractivity contribution in [3.63, 3.8) is 0 Å². The number of likely N-dealkylation sites (tertiary alicyclic amines) is 1. The van der Waals surface area contributed by atoms with Gasteiger partial charge in [-0.3, -0.25) is 4.79 Å². The van der Waals surface area contributed by atoms with Crippen LogP contribution in [-0.2, 0) is 9.59 Å². The molecule has 0 aromatic carbocycles. The third-order valence-corrected chi connectivity index (χ3v) is 2.30. The number of rotatable bonds is 3. The van der Waals surface area contributed by atoms with Crippen LogP contribution in [0.5, 0.6) is 0 Å². The number of nitrogens with two attached hydrogens (primary N) is 1. The number of nitrogens with zero attached hydrogens (tertiary/aromatic N) is 1. The van der Waals surface area contributed by atoms with Crippen molar-refractivity contribution in [1.82, 2.24) is 4.90 Å². The fourth-order valence-corrected chi connectivity index (χ4v) is 1.38. The summed E-state index contributed by atoms with van der Waals surface area (Å²) in [5.41, 5.74) is 5.35. The lowest BCUT2D eigenvalue weighted by molar-refractivity contribution is -0.192. The molecule has 0 unspecified atom stereocenters. The standard InChI is InChI=1S/C8H16N2O.C2HF3O2/c9-5-3-7-10-6-2-1-4-8(10)11;3-2(4,5)1(6)7/h1-7,9H2;(H,6,7). The fourth-order valence-electron chi connectivity index (χ4n) is 1.38. The highest BCUT2D eigenvalue weighted by Crippen LogP contribution is 2.13. The van der Waals surface area contributed by atoms with Gasteiger partial charge in [-0.05, 0) is 25.8 Å². The van der Waals surface area contributed by atoms with E-state index in [1.165, 1.54) is 0 Å². The van der Waals surface area contributed by atoms with E-state index in [2.05, 4.69) is 0 Å². The van der Waals surface area contributed by atoms with Crippen molar-refractivity contribution < 1.29 is 27.9 Å². The van der Waals surface area contributed by atoms with Gasteiger partial charge < -0.3 is 15.7 Å². The van der Waals surface area contributed by atoms with Crippen LogP contribution in [0, 0.1) is 0 Å². The summed E-state index contributed by atoms with van der Waals surface area (Å²) in [6.45, 7) is 2.48. The van der Waals surface area contributed by atoms with Crippen molar-refractivity contribution in [3.05, 3.63) is 0 Å². The summed E-state index contributed by atoms with van der Waals surface area (Å²) in [5.74, 6) is -2.45. The number of amides is 1. The monoisotopic (exact) mass is 270 g/mol. The Bertz CT molecular complexity index is 282. The summed E-state index contributed by atoms with van der Waals surface area (Å²) >= 11 is 0. The second-order valence-corrected chi connectivity index (χ2v) is 3.78. The number of piperidine rings is 1. The van der Waals surface area contributed by atoms with Crippen LogP contribution in [0.15, 0.2) is 0 Å². The normalized spacial score (nSPS) is 16.0. The first kappa shape index (κ1) is 16.7. The highest BCUT2D eigenvalue weighted by atomic mass is 19.4. The van der Waals surface area contributed by atoms with Gasteiger partial charge in [0.15, 0.2) is 0 Å². The molecule has 1 aliphatic heterocycles. The molecule has 5 nitrogen and oxygen atoms in total. The average Bonchev–Trinajstić information content (AvgIpc) is 2.27. The van der Waals surface area contributed by atoms with Gasteiger partial charge in [0, 0.05) is 19.5 Å². The number of carboxylic acids is 1. The van der Waals surface area contributed by atoms with E-state index in [0.717, 1.165) is 38.8 Å². The molecular weight excluding hydrogens is 253 g/mol. The molecule has 18 heavy (non-hydrogen) atoms. The largest absolute Gasteiger partial charge is 0.490 e. The molecule has 3 N–H and O–H groups in total. The number of hydrogen-bond donors (Lipinski definition) is 2. The Morgan fingerprint density at radius 1 is 1.39 bits per heavy atom. The minimum absolute atomic E-state index is 0.310. The molecule has 1 fully saturated rings. The third-order valence-electron chi connectivity index (χ3n) is 2.30. The van der Waals surface area contributed by atoms with Gasteiger partial charge in [-0.25, -0.2) is 4.79 Å². The molecule has 1 rings (SSSR count). The Morgan fingerprint density at radius 2 is 1.94 bits per heavy atom. The first-order valence-electron chi connectivity index (χ1n) is 5.57. The van der Waals surface area contributed by atoms with Crippen LogP contribution < -0.4 is 5.73 Å². The van der Waals surface area contributed by atoms with E-state index in [4.69, 9.17) is 15.6 Å². The van der Waals surface area contributed by atoms with E-state index in [9.17, 15) is 18.0 Å². The van der Waals surface area contributed by atoms with Crippen LogP contribution in [0.1, 0.15) is 25.7 Å². The van der Waals surface area contributed by atoms with Gasteiger partial charge in [0.25, 0.3) is 0 Å². The van der Waals surface area contributed by atoms with Gasteiger partial charge >= 0.3 is 12.1 Å². The van der Waals surface area contributed by atoms with Crippen LogP contribution in [0.4, 0.5) is 13.2 Å². The number of hydrogen-bond acceptors (Lipinski definition) is 3. The molecule has 8 heteroatoms. The molecule has 0 saturated carbocycles. The maximum atomic E-state index is 11.2. The highest BCUT2D eigenvalue weighted by Gasteiger charge is 2.38. The predicted molar refractivity (Wildman–Crippen MR) is 57.8 cm³/mol. The van der Waals surface area contributed by atoms with Gasteiger partial charge in [-0.2, -0.15) is 13.2 Å². The Labute approximate surface area is 103 Å². The Morgan fingerprint density at radius 3 is 2.33 bits per heavy atom. The van der Waals surface area contributed by atoms with Crippen LogP contribution in [0.3, 0.4) is 0 Å². The number of halogens is 3. The number of carbonyl (C=O) groups is 2. The van der Waals surface area contributed by atoms with Gasteiger partial charge in [0.05, 0.1) is 0 Å². The van der Waals surface area contributed by atoms with Gasteiger partial charge in [-0.15, -0.1) is 0 Å². The third kappa shape index (κ3) is 7.10. The van der Waals surface area contributed by atoms with E-state index >= 15 is 0 Å². The van der Waals surface area contributed by atoms with Crippen LogP contribution >= 0.6 is 0 Å². The van der Waals surface area contributed by atoms with Gasteiger partial charge in [-0.1, -0.05) is 0 Å². The van der Waals surface area contributed by atoms with Crippen LogP contribution in [0.2, 0.25) is 0 Å². The SMILES string of the molecule is NCCCN1CCCCC1=O.O=C(O)C(F)(F)F. The molecular formula is C10H17F3N2O3. The zero-order chi connectivity index (χ0) is 14.2. The van der Waals surface area contributed by atoms with Crippen LogP contribution in [0.25, 0.3) is 0 Å². The van der Waals surface area contributed by atoms with Crippen LogP contribution in [-0.4, -0.2) is 47.7 Å². The van der Waals surface area contributed by atoms with E-state index in [1.54, 1.807) is 0 Å². The van der Waals surface area contributed by atoms with E-state index in [0.29, 0.717) is 12.5 Å². The topological polar surface area (TPSA) is 83.6 Å². The van der Waals surface area contributed by atoms with Gasteiger partial charge in [0.2, 0.25) is 5.91 Å². The Hall–Kier alpha value is -1.31. The summed E-state index contributed by atoms with van der Waals surface area (Å²) in [6.07, 6.45) is -1.18. The minimum Gasteiger partial charge on any atom is -0.475 e. The number of carboxylic acid groups (broad SMARTS) is 1. The Balaban J connectivity index is 0.000000360. The zero-order valence-electron chi connectivity index (χ0n) is 9.87.